The highest BCUT2D eigenvalue weighted by atomic mass is 19.1. The van der Waals surface area contributed by atoms with E-state index in [1.165, 1.54) is 6.07 Å². The number of carbonyl (C=O) groups is 2. The summed E-state index contributed by atoms with van der Waals surface area (Å²) in [6.45, 7) is 3.09. The quantitative estimate of drug-likeness (QED) is 0.587. The second-order valence-electron chi connectivity index (χ2n) is 9.24. The zero-order valence-corrected chi connectivity index (χ0v) is 18.6. The normalized spacial score (nSPS) is 17.4. The van der Waals surface area contributed by atoms with E-state index >= 15 is 0 Å². The van der Waals surface area contributed by atoms with Crippen LogP contribution in [0.2, 0.25) is 0 Å². The van der Waals surface area contributed by atoms with Crippen LogP contribution in [0.3, 0.4) is 0 Å². The highest BCUT2D eigenvalue weighted by Crippen LogP contribution is 2.37. The maximum absolute atomic E-state index is 14.4. The van der Waals surface area contributed by atoms with E-state index in [4.69, 9.17) is 4.74 Å². The number of halogens is 2. The molecule has 8 nitrogen and oxygen atoms in total. The van der Waals surface area contributed by atoms with E-state index in [2.05, 4.69) is 20.6 Å². The highest BCUT2D eigenvalue weighted by Gasteiger charge is 2.50. The van der Waals surface area contributed by atoms with E-state index in [0.29, 0.717) is 17.8 Å². The van der Waals surface area contributed by atoms with E-state index in [-0.39, 0.29) is 46.5 Å². The van der Waals surface area contributed by atoms with Crippen LogP contribution in [0.1, 0.15) is 21.6 Å². The summed E-state index contributed by atoms with van der Waals surface area (Å²) in [6, 6.07) is 10.7. The first-order valence-corrected chi connectivity index (χ1v) is 11.3. The summed E-state index contributed by atoms with van der Waals surface area (Å²) in [4.78, 5) is 35.3. The molecule has 2 fully saturated rings. The van der Waals surface area contributed by atoms with Crippen LogP contribution in [0.4, 0.5) is 20.3 Å². The van der Waals surface area contributed by atoms with Crippen molar-refractivity contribution < 1.29 is 23.1 Å². The van der Waals surface area contributed by atoms with E-state index in [9.17, 15) is 18.4 Å². The molecular weight excluding hydrogens is 456 g/mol. The standard InChI is InChI=1S/C25H21F2N5O3/c26-16-2-1-3-17(27)20(16)22-30-18-9-28-24(34)21(18)23(31-22)29-15-6-4-14(5-7-15)8-19(33)32-10-25(11-32)12-35-13-25/h1-7H,8-13H2,(H,28,34)(H,29,30,31). The summed E-state index contributed by atoms with van der Waals surface area (Å²) in [5, 5.41) is 5.74. The molecule has 2 saturated heterocycles. The number of anilines is 2. The van der Waals surface area contributed by atoms with Crippen molar-refractivity contribution in [3.63, 3.8) is 0 Å². The number of amides is 2. The van der Waals surface area contributed by atoms with Crippen LogP contribution >= 0.6 is 0 Å². The van der Waals surface area contributed by atoms with E-state index in [1.807, 2.05) is 17.0 Å². The van der Waals surface area contributed by atoms with Crippen LogP contribution in [0.15, 0.2) is 42.5 Å². The molecule has 1 spiro atoms. The summed E-state index contributed by atoms with van der Waals surface area (Å²) >= 11 is 0. The molecule has 2 aromatic carbocycles. The molecule has 4 heterocycles. The van der Waals surface area contributed by atoms with Crippen molar-refractivity contribution >= 4 is 23.3 Å². The minimum absolute atomic E-state index is 0.0741. The number of ether oxygens (including phenoxy) is 1. The lowest BCUT2D eigenvalue weighted by Crippen LogP contribution is -2.67. The molecule has 6 rings (SSSR count). The summed E-state index contributed by atoms with van der Waals surface area (Å²) in [5.41, 5.74) is 1.88. The van der Waals surface area contributed by atoms with Gasteiger partial charge in [0.05, 0.1) is 42.9 Å². The van der Waals surface area contributed by atoms with Crippen LogP contribution in [-0.4, -0.2) is 53.0 Å². The van der Waals surface area contributed by atoms with E-state index < -0.39 is 11.6 Å². The lowest BCUT2D eigenvalue weighted by Gasteiger charge is -2.55. The topological polar surface area (TPSA) is 96.4 Å². The number of hydrogen-bond donors (Lipinski definition) is 2. The Bertz CT molecular complexity index is 1330. The molecule has 2 N–H and O–H groups in total. The second-order valence-corrected chi connectivity index (χ2v) is 9.24. The smallest absolute Gasteiger partial charge is 0.257 e. The molecule has 3 aromatic rings. The SMILES string of the molecule is O=C1NCc2nc(-c3c(F)cccc3F)nc(Nc3ccc(CC(=O)N4CC5(COC5)C4)cc3)c21. The molecular formula is C25H21F2N5O3. The second kappa shape index (κ2) is 8.09. The molecule has 0 aliphatic carbocycles. The Kier molecular flexibility index (Phi) is 4.99. The van der Waals surface area contributed by atoms with Crippen LogP contribution in [-0.2, 0) is 22.5 Å². The first kappa shape index (κ1) is 21.6. The predicted molar refractivity (Wildman–Crippen MR) is 122 cm³/mol. The Morgan fingerprint density at radius 2 is 1.77 bits per heavy atom. The van der Waals surface area contributed by atoms with Crippen molar-refractivity contribution in [2.75, 3.05) is 31.6 Å². The van der Waals surface area contributed by atoms with Gasteiger partial charge in [-0.05, 0) is 29.8 Å². The number of benzene rings is 2. The summed E-state index contributed by atoms with van der Waals surface area (Å²) in [6.07, 6.45) is 0.291. The molecule has 0 atom stereocenters. The number of carbonyl (C=O) groups excluding carboxylic acids is 2. The average molecular weight is 477 g/mol. The minimum atomic E-state index is -0.792. The number of nitrogens with one attached hydrogen (secondary N) is 2. The fraction of sp³-hybridized carbons (Fsp3) is 0.280. The molecule has 10 heteroatoms. The molecule has 2 amide bonds. The van der Waals surface area contributed by atoms with Crippen molar-refractivity contribution in [2.24, 2.45) is 5.41 Å². The molecule has 3 aliphatic rings. The number of likely N-dealkylation sites (tertiary alicyclic amines) is 1. The number of nitrogens with zero attached hydrogens (tertiary/aromatic N) is 3. The van der Waals surface area contributed by atoms with E-state index in [1.54, 1.807) is 12.1 Å². The van der Waals surface area contributed by atoms with Crippen molar-refractivity contribution in [3.05, 3.63) is 70.9 Å². The largest absolute Gasteiger partial charge is 0.380 e. The third kappa shape index (κ3) is 3.79. The molecule has 0 bridgehead atoms. The Balaban J connectivity index is 1.22. The summed E-state index contributed by atoms with van der Waals surface area (Å²) in [5.74, 6) is -1.87. The maximum Gasteiger partial charge on any atom is 0.257 e. The van der Waals surface area contributed by atoms with Crippen LogP contribution < -0.4 is 10.6 Å². The summed E-state index contributed by atoms with van der Waals surface area (Å²) in [7, 11) is 0. The Morgan fingerprint density at radius 1 is 1.06 bits per heavy atom. The van der Waals surface area contributed by atoms with Gasteiger partial charge in [-0.15, -0.1) is 0 Å². The van der Waals surface area contributed by atoms with Gasteiger partial charge in [0.2, 0.25) is 5.91 Å². The van der Waals surface area contributed by atoms with Crippen LogP contribution in [0.25, 0.3) is 11.4 Å². The Labute approximate surface area is 199 Å². The van der Waals surface area contributed by atoms with Crippen molar-refractivity contribution in [3.8, 4) is 11.4 Å². The number of hydrogen-bond acceptors (Lipinski definition) is 6. The van der Waals surface area contributed by atoms with Gasteiger partial charge in [0, 0.05) is 18.8 Å². The van der Waals surface area contributed by atoms with Gasteiger partial charge in [0.25, 0.3) is 5.91 Å². The zero-order valence-electron chi connectivity index (χ0n) is 18.6. The molecule has 178 valence electrons. The third-order valence-electron chi connectivity index (χ3n) is 6.61. The molecule has 3 aliphatic heterocycles. The van der Waals surface area contributed by atoms with Crippen molar-refractivity contribution in [1.82, 2.24) is 20.2 Å². The number of rotatable bonds is 5. The fourth-order valence-corrected chi connectivity index (χ4v) is 4.68. The Hall–Kier alpha value is -3.92. The molecule has 0 saturated carbocycles. The average Bonchev–Trinajstić information content (AvgIpc) is 3.14. The van der Waals surface area contributed by atoms with E-state index in [0.717, 1.165) is 44.0 Å². The zero-order chi connectivity index (χ0) is 24.2. The summed E-state index contributed by atoms with van der Waals surface area (Å²) < 4.78 is 34.0. The van der Waals surface area contributed by atoms with Gasteiger partial charge in [-0.2, -0.15) is 0 Å². The first-order valence-electron chi connectivity index (χ1n) is 11.3. The van der Waals surface area contributed by atoms with Gasteiger partial charge in [0.1, 0.15) is 23.0 Å². The minimum Gasteiger partial charge on any atom is -0.380 e. The first-order chi connectivity index (χ1) is 16.9. The van der Waals surface area contributed by atoms with Crippen LogP contribution in [0.5, 0.6) is 0 Å². The molecule has 1 aromatic heterocycles. The monoisotopic (exact) mass is 477 g/mol. The molecule has 0 radical (unpaired) electrons. The third-order valence-corrected chi connectivity index (χ3v) is 6.61. The van der Waals surface area contributed by atoms with Gasteiger partial charge in [0.15, 0.2) is 5.82 Å². The molecule has 35 heavy (non-hydrogen) atoms. The maximum atomic E-state index is 14.4. The van der Waals surface area contributed by atoms with Gasteiger partial charge >= 0.3 is 0 Å². The van der Waals surface area contributed by atoms with Gasteiger partial charge in [-0.3, -0.25) is 9.59 Å². The van der Waals surface area contributed by atoms with Gasteiger partial charge < -0.3 is 20.3 Å². The lowest BCUT2D eigenvalue weighted by atomic mass is 9.78. The number of aromatic nitrogens is 2. The fourth-order valence-electron chi connectivity index (χ4n) is 4.68. The van der Waals surface area contributed by atoms with Crippen molar-refractivity contribution in [2.45, 2.75) is 13.0 Å². The van der Waals surface area contributed by atoms with Crippen molar-refractivity contribution in [1.29, 1.82) is 0 Å². The van der Waals surface area contributed by atoms with Crippen LogP contribution in [0, 0.1) is 17.0 Å². The van der Waals surface area contributed by atoms with Gasteiger partial charge in [-0.25, -0.2) is 18.7 Å². The Morgan fingerprint density at radius 3 is 2.43 bits per heavy atom. The molecule has 0 unspecified atom stereocenters. The van der Waals surface area contributed by atoms with Gasteiger partial charge in [-0.1, -0.05) is 18.2 Å². The predicted octanol–water partition coefficient (Wildman–Crippen LogP) is 2.81. The number of fused-ring (bicyclic) bond motifs is 1. The lowest BCUT2D eigenvalue weighted by molar-refractivity contribution is -0.194. The highest BCUT2D eigenvalue weighted by molar-refractivity contribution is 6.03.